The Labute approximate surface area is 212 Å². The topological polar surface area (TPSA) is 83.8 Å². The molecule has 1 amide bonds. The summed E-state index contributed by atoms with van der Waals surface area (Å²) in [6.45, 7) is 0.595. The van der Waals surface area contributed by atoms with Crippen LogP contribution in [0.15, 0.2) is 53.7 Å². The molecule has 4 aromatic rings. The number of aromatic nitrogens is 2. The number of halogens is 4. The van der Waals surface area contributed by atoms with Gasteiger partial charge in [0.1, 0.15) is 20.9 Å². The average Bonchev–Trinajstić information content (AvgIpc) is 3.52. The second kappa shape index (κ2) is 9.05. The van der Waals surface area contributed by atoms with Crippen molar-refractivity contribution in [3.63, 3.8) is 0 Å². The average molecular weight is 557 g/mol. The molecule has 1 atom stereocenters. The third-order valence-electron chi connectivity index (χ3n) is 5.79. The molecular weight excluding hydrogens is 541 g/mol. The summed E-state index contributed by atoms with van der Waals surface area (Å²) >= 11 is 12.6. The molecule has 0 saturated carbocycles. The van der Waals surface area contributed by atoms with E-state index in [2.05, 4.69) is 5.10 Å². The molecule has 7 nitrogen and oxygen atoms in total. The van der Waals surface area contributed by atoms with Crippen LogP contribution in [0.3, 0.4) is 0 Å². The van der Waals surface area contributed by atoms with E-state index in [1.54, 1.807) is 18.3 Å². The summed E-state index contributed by atoms with van der Waals surface area (Å²) in [6.07, 6.45) is 4.25. The summed E-state index contributed by atoms with van der Waals surface area (Å²) in [4.78, 5) is 14.5. The lowest BCUT2D eigenvalue weighted by atomic mass is 10.0. The van der Waals surface area contributed by atoms with Crippen molar-refractivity contribution in [1.29, 1.82) is 0 Å². The second-order valence-electron chi connectivity index (χ2n) is 7.91. The highest BCUT2D eigenvalue weighted by atomic mass is 35.5. The minimum absolute atomic E-state index is 0.0144. The van der Waals surface area contributed by atoms with E-state index >= 15 is 0 Å². The largest absolute Gasteiger partial charge is 0.364 e. The maximum Gasteiger partial charge on any atom is 0.268 e. The van der Waals surface area contributed by atoms with Gasteiger partial charge in [0.15, 0.2) is 0 Å². The molecule has 13 heteroatoms. The summed E-state index contributed by atoms with van der Waals surface area (Å²) in [5, 5.41) is 4.12. The van der Waals surface area contributed by atoms with Gasteiger partial charge in [-0.2, -0.15) is 5.10 Å². The molecular formula is C22H16Cl2F2N4O3S2. The lowest BCUT2D eigenvalue weighted by Gasteiger charge is -2.27. The van der Waals surface area contributed by atoms with Gasteiger partial charge in [0.2, 0.25) is 0 Å². The number of benzene rings is 1. The molecule has 182 valence electrons. The molecule has 1 saturated heterocycles. The summed E-state index contributed by atoms with van der Waals surface area (Å²) in [5.74, 6) is -1.91. The highest BCUT2D eigenvalue weighted by Crippen LogP contribution is 2.38. The Hall–Kier alpha value is -2.73. The van der Waals surface area contributed by atoms with Gasteiger partial charge in [0, 0.05) is 24.0 Å². The number of anilines is 1. The fourth-order valence-corrected chi connectivity index (χ4v) is 7.35. The van der Waals surface area contributed by atoms with Crippen LogP contribution >= 0.6 is 34.5 Å². The van der Waals surface area contributed by atoms with Gasteiger partial charge in [-0.15, -0.1) is 11.3 Å². The molecule has 1 N–H and O–H groups in total. The Morgan fingerprint density at radius 2 is 1.97 bits per heavy atom. The molecule has 35 heavy (non-hydrogen) atoms. The molecule has 3 aromatic heterocycles. The van der Waals surface area contributed by atoms with E-state index in [9.17, 15) is 22.0 Å². The summed E-state index contributed by atoms with van der Waals surface area (Å²) in [7, 11) is -4.27. The number of hydrogen-bond donors (Lipinski definition) is 1. The van der Waals surface area contributed by atoms with Gasteiger partial charge in [0.05, 0.1) is 27.7 Å². The first kappa shape index (κ1) is 24.0. The lowest BCUT2D eigenvalue weighted by molar-refractivity contribution is 0.0983. The van der Waals surface area contributed by atoms with Crippen molar-refractivity contribution in [3.8, 4) is 0 Å². The van der Waals surface area contributed by atoms with Gasteiger partial charge in [0.25, 0.3) is 15.9 Å². The van der Waals surface area contributed by atoms with Crippen LogP contribution in [0.4, 0.5) is 14.5 Å². The molecule has 1 aliphatic rings. The highest BCUT2D eigenvalue weighted by molar-refractivity contribution is 7.90. The molecule has 0 radical (unpaired) electrons. The Morgan fingerprint density at radius 3 is 2.71 bits per heavy atom. The fourth-order valence-electron chi connectivity index (χ4n) is 4.23. The van der Waals surface area contributed by atoms with E-state index in [1.807, 2.05) is 9.62 Å². The van der Waals surface area contributed by atoms with Crippen LogP contribution in [0, 0.1) is 11.6 Å². The smallest absolute Gasteiger partial charge is 0.268 e. The molecule has 1 fully saturated rings. The van der Waals surface area contributed by atoms with Gasteiger partial charge in [-0.3, -0.25) is 4.79 Å². The quantitative estimate of drug-likeness (QED) is 0.354. The number of rotatable bonds is 5. The van der Waals surface area contributed by atoms with Crippen molar-refractivity contribution < 1.29 is 22.0 Å². The fraction of sp³-hybridized carbons (Fsp3) is 0.182. The van der Waals surface area contributed by atoms with Crippen LogP contribution in [0.1, 0.15) is 34.8 Å². The minimum Gasteiger partial charge on any atom is -0.364 e. The number of sulfonamides is 1. The van der Waals surface area contributed by atoms with E-state index in [-0.39, 0.29) is 30.7 Å². The van der Waals surface area contributed by atoms with E-state index in [0.29, 0.717) is 24.2 Å². The van der Waals surface area contributed by atoms with E-state index in [1.165, 1.54) is 16.8 Å². The van der Waals surface area contributed by atoms with Crippen molar-refractivity contribution in [2.45, 2.75) is 23.8 Å². The van der Waals surface area contributed by atoms with Crippen LogP contribution in [0.2, 0.25) is 8.67 Å². The summed E-state index contributed by atoms with van der Waals surface area (Å²) in [6, 6.07) is 7.57. The zero-order chi connectivity index (χ0) is 24.9. The highest BCUT2D eigenvalue weighted by Gasteiger charge is 2.30. The number of pyridine rings is 1. The van der Waals surface area contributed by atoms with Crippen LogP contribution in [-0.2, 0) is 10.0 Å². The van der Waals surface area contributed by atoms with E-state index in [4.69, 9.17) is 23.2 Å². The van der Waals surface area contributed by atoms with Crippen LogP contribution < -0.4 is 9.62 Å². The standard InChI is InChI=1S/C22H16Cl2F2N4O3S2/c23-20-10-19(21(24)34-20)35(32,33)28-22(31)15-11-27-30-7-5-13(9-18(15)30)29-6-1-2-17(29)14-8-12(25)3-4-16(14)26/h3-5,7-11,17H,1-2,6H2,(H,28,31). The predicted octanol–water partition coefficient (Wildman–Crippen LogP) is 5.44. The SMILES string of the molecule is O=C(NS(=O)(=O)c1cc(Cl)sc1Cl)c1cnn2ccc(N3CCCC3c3cc(F)ccc3F)cc12. The van der Waals surface area contributed by atoms with Crippen molar-refractivity contribution in [1.82, 2.24) is 14.3 Å². The van der Waals surface area contributed by atoms with Gasteiger partial charge < -0.3 is 4.90 Å². The first-order valence-corrected chi connectivity index (χ1v) is 13.4. The van der Waals surface area contributed by atoms with Crippen molar-refractivity contribution >= 4 is 61.7 Å². The number of hydrogen-bond acceptors (Lipinski definition) is 6. The maximum atomic E-state index is 14.5. The minimum atomic E-state index is -4.27. The molecule has 4 heterocycles. The first-order chi connectivity index (χ1) is 16.6. The van der Waals surface area contributed by atoms with Gasteiger partial charge >= 0.3 is 0 Å². The molecule has 0 bridgehead atoms. The van der Waals surface area contributed by atoms with Crippen LogP contribution in [0.25, 0.3) is 5.52 Å². The monoisotopic (exact) mass is 556 g/mol. The lowest BCUT2D eigenvalue weighted by Crippen LogP contribution is -2.30. The Balaban J connectivity index is 1.47. The second-order valence-corrected chi connectivity index (χ2v) is 11.8. The zero-order valence-corrected chi connectivity index (χ0v) is 20.9. The maximum absolute atomic E-state index is 14.5. The third kappa shape index (κ3) is 4.49. The normalized spacial score (nSPS) is 16.2. The van der Waals surface area contributed by atoms with Crippen molar-refractivity contribution in [2.24, 2.45) is 0 Å². The molecule has 1 aliphatic heterocycles. The van der Waals surface area contributed by atoms with Gasteiger partial charge in [-0.25, -0.2) is 26.4 Å². The van der Waals surface area contributed by atoms with Crippen LogP contribution in [-0.4, -0.2) is 30.5 Å². The molecule has 1 aromatic carbocycles. The number of nitrogens with zero attached hydrogens (tertiary/aromatic N) is 3. The summed E-state index contributed by atoms with van der Waals surface area (Å²) < 4.78 is 57.2. The first-order valence-electron chi connectivity index (χ1n) is 10.3. The van der Waals surface area contributed by atoms with Crippen molar-refractivity contribution in [2.75, 3.05) is 11.4 Å². The predicted molar refractivity (Wildman–Crippen MR) is 130 cm³/mol. The van der Waals surface area contributed by atoms with Gasteiger partial charge in [-0.05, 0) is 49.2 Å². The van der Waals surface area contributed by atoms with E-state index in [0.717, 1.165) is 36.0 Å². The number of amides is 1. The van der Waals surface area contributed by atoms with Gasteiger partial charge in [-0.1, -0.05) is 23.2 Å². The number of thiophene rings is 1. The molecule has 1 unspecified atom stereocenters. The third-order valence-corrected chi connectivity index (χ3v) is 8.88. The van der Waals surface area contributed by atoms with Crippen molar-refractivity contribution in [3.05, 3.63) is 80.2 Å². The van der Waals surface area contributed by atoms with Crippen LogP contribution in [0.5, 0.6) is 0 Å². The Morgan fingerprint density at radius 1 is 1.17 bits per heavy atom. The molecule has 5 rings (SSSR count). The number of fused-ring (bicyclic) bond motifs is 1. The number of carbonyl (C=O) groups excluding carboxylic acids is 1. The number of carbonyl (C=O) groups is 1. The number of nitrogens with one attached hydrogen (secondary N) is 1. The Bertz CT molecular complexity index is 1570. The molecule has 0 aliphatic carbocycles. The van der Waals surface area contributed by atoms with E-state index < -0.39 is 27.6 Å². The molecule has 0 spiro atoms. The summed E-state index contributed by atoms with van der Waals surface area (Å²) in [5.41, 5.74) is 1.27. The zero-order valence-electron chi connectivity index (χ0n) is 17.7. The Kier molecular flexibility index (Phi) is 6.20.